The second-order valence-corrected chi connectivity index (χ2v) is 7.01. The lowest BCUT2D eigenvalue weighted by molar-refractivity contribution is -0.120. The van der Waals surface area contributed by atoms with Gasteiger partial charge in [-0.25, -0.2) is 0 Å². The molecule has 126 valence electrons. The Morgan fingerprint density at radius 3 is 2.91 bits per heavy atom. The van der Waals surface area contributed by atoms with E-state index in [1.807, 2.05) is 0 Å². The van der Waals surface area contributed by atoms with Crippen molar-refractivity contribution in [3.05, 3.63) is 5.82 Å². The number of hydrogen-bond donors (Lipinski definition) is 1. The number of anilines is 1. The normalized spacial score (nSPS) is 26.0. The molecule has 7 nitrogen and oxygen atoms in total. The van der Waals surface area contributed by atoms with Gasteiger partial charge < -0.3 is 9.26 Å². The van der Waals surface area contributed by atoms with Gasteiger partial charge in [0, 0.05) is 18.5 Å². The maximum atomic E-state index is 12.3. The molecular weight excluding hydrogens is 296 g/mol. The monoisotopic (exact) mass is 320 g/mol. The summed E-state index contributed by atoms with van der Waals surface area (Å²) in [6, 6.07) is 0.574. The standard InChI is InChI=1S/C16H24N4O3/c21-14(17-16-18-15(19-23-16)12-4-5-12)9-20-6-7-22-10-13(20)8-11-2-1-3-11/h11-13H,1-10H2,(H,17,18,19,21)/t13-/m0/s1. The topological polar surface area (TPSA) is 80.5 Å². The minimum absolute atomic E-state index is 0.0866. The first kappa shape index (κ1) is 15.1. The predicted molar refractivity (Wildman–Crippen MR) is 83.0 cm³/mol. The van der Waals surface area contributed by atoms with Crippen molar-refractivity contribution in [2.75, 3.05) is 31.6 Å². The average Bonchev–Trinajstić information content (AvgIpc) is 3.25. The van der Waals surface area contributed by atoms with E-state index < -0.39 is 0 Å². The molecule has 1 N–H and O–H groups in total. The number of ether oxygens (including phenoxy) is 1. The van der Waals surface area contributed by atoms with E-state index in [-0.39, 0.29) is 11.9 Å². The lowest BCUT2D eigenvalue weighted by Crippen LogP contribution is -2.49. The highest BCUT2D eigenvalue weighted by atomic mass is 16.5. The number of nitrogens with one attached hydrogen (secondary N) is 1. The van der Waals surface area contributed by atoms with Gasteiger partial charge in [0.15, 0.2) is 5.82 Å². The van der Waals surface area contributed by atoms with Crippen LogP contribution in [0.1, 0.15) is 50.3 Å². The third kappa shape index (κ3) is 3.72. The lowest BCUT2D eigenvalue weighted by atomic mass is 9.80. The molecule has 3 aliphatic rings. The zero-order valence-electron chi connectivity index (χ0n) is 13.4. The first-order valence-electron chi connectivity index (χ1n) is 8.73. The zero-order chi connectivity index (χ0) is 15.6. The van der Waals surface area contributed by atoms with Crippen molar-refractivity contribution >= 4 is 11.9 Å². The molecule has 3 fully saturated rings. The lowest BCUT2D eigenvalue weighted by Gasteiger charge is -2.38. The van der Waals surface area contributed by atoms with E-state index in [0.717, 1.165) is 44.2 Å². The summed E-state index contributed by atoms with van der Waals surface area (Å²) in [6.45, 7) is 2.60. The Hall–Kier alpha value is -1.47. The second kappa shape index (κ2) is 6.57. The fourth-order valence-electron chi connectivity index (χ4n) is 3.36. The van der Waals surface area contributed by atoms with Crippen LogP contribution in [0.2, 0.25) is 0 Å². The van der Waals surface area contributed by atoms with Crippen LogP contribution < -0.4 is 5.32 Å². The van der Waals surface area contributed by atoms with Crippen LogP contribution in [0.5, 0.6) is 0 Å². The van der Waals surface area contributed by atoms with Crippen molar-refractivity contribution in [1.29, 1.82) is 0 Å². The number of carbonyl (C=O) groups is 1. The largest absolute Gasteiger partial charge is 0.378 e. The number of morpholine rings is 1. The molecule has 4 rings (SSSR count). The molecule has 1 atom stereocenters. The Bertz CT molecular complexity index is 553. The summed E-state index contributed by atoms with van der Waals surface area (Å²) in [5, 5.41) is 6.65. The van der Waals surface area contributed by atoms with Gasteiger partial charge in [0.05, 0.1) is 19.8 Å². The summed E-state index contributed by atoms with van der Waals surface area (Å²) in [5.41, 5.74) is 0. The Labute approximate surface area is 135 Å². The van der Waals surface area contributed by atoms with Gasteiger partial charge in [-0.1, -0.05) is 24.4 Å². The van der Waals surface area contributed by atoms with Gasteiger partial charge in [-0.2, -0.15) is 4.98 Å². The van der Waals surface area contributed by atoms with Crippen molar-refractivity contribution in [2.24, 2.45) is 5.92 Å². The Kier molecular flexibility index (Phi) is 4.31. The number of amides is 1. The third-order valence-corrected chi connectivity index (χ3v) is 5.16. The molecule has 1 amide bonds. The smallest absolute Gasteiger partial charge is 0.328 e. The van der Waals surface area contributed by atoms with Gasteiger partial charge in [0.1, 0.15) is 0 Å². The van der Waals surface area contributed by atoms with Gasteiger partial charge in [0.25, 0.3) is 0 Å². The highest BCUT2D eigenvalue weighted by Gasteiger charge is 2.31. The Morgan fingerprint density at radius 2 is 2.17 bits per heavy atom. The molecule has 2 aliphatic carbocycles. The number of hydrogen-bond acceptors (Lipinski definition) is 6. The maximum Gasteiger partial charge on any atom is 0.328 e. The summed E-state index contributed by atoms with van der Waals surface area (Å²) in [4.78, 5) is 18.7. The van der Waals surface area contributed by atoms with E-state index >= 15 is 0 Å². The van der Waals surface area contributed by atoms with Crippen molar-refractivity contribution in [3.63, 3.8) is 0 Å². The van der Waals surface area contributed by atoms with Crippen molar-refractivity contribution in [3.8, 4) is 0 Å². The van der Waals surface area contributed by atoms with Crippen molar-refractivity contribution in [1.82, 2.24) is 15.0 Å². The minimum Gasteiger partial charge on any atom is -0.378 e. The van der Waals surface area contributed by atoms with E-state index in [0.29, 0.717) is 25.1 Å². The van der Waals surface area contributed by atoms with Crippen LogP contribution in [0.15, 0.2) is 4.52 Å². The van der Waals surface area contributed by atoms with Gasteiger partial charge >= 0.3 is 6.01 Å². The SMILES string of the molecule is O=C(CN1CCOC[C@@H]1CC1CCC1)Nc1nc(C2CC2)no1. The molecule has 0 unspecified atom stereocenters. The number of nitrogens with zero attached hydrogens (tertiary/aromatic N) is 3. The first-order valence-corrected chi connectivity index (χ1v) is 8.73. The molecule has 0 radical (unpaired) electrons. The summed E-state index contributed by atoms with van der Waals surface area (Å²) in [7, 11) is 0. The highest BCUT2D eigenvalue weighted by molar-refractivity contribution is 5.90. The summed E-state index contributed by atoms with van der Waals surface area (Å²) in [5.74, 6) is 1.87. The molecule has 0 spiro atoms. The molecule has 1 aromatic rings. The Balaban J connectivity index is 1.30. The molecule has 23 heavy (non-hydrogen) atoms. The molecule has 0 aromatic carbocycles. The molecule has 1 aromatic heterocycles. The van der Waals surface area contributed by atoms with E-state index in [1.54, 1.807) is 0 Å². The van der Waals surface area contributed by atoms with E-state index in [4.69, 9.17) is 9.26 Å². The van der Waals surface area contributed by atoms with Crippen LogP contribution in [-0.2, 0) is 9.53 Å². The van der Waals surface area contributed by atoms with E-state index in [1.165, 1.54) is 19.3 Å². The average molecular weight is 320 g/mol. The van der Waals surface area contributed by atoms with Crippen LogP contribution in [0.3, 0.4) is 0 Å². The minimum atomic E-state index is -0.0866. The van der Waals surface area contributed by atoms with E-state index in [9.17, 15) is 4.79 Å². The number of carbonyl (C=O) groups excluding carboxylic acids is 1. The number of aromatic nitrogens is 2. The zero-order valence-corrected chi connectivity index (χ0v) is 13.4. The maximum absolute atomic E-state index is 12.3. The van der Waals surface area contributed by atoms with Crippen LogP contribution in [0.4, 0.5) is 6.01 Å². The first-order chi connectivity index (χ1) is 11.3. The van der Waals surface area contributed by atoms with Gasteiger partial charge in [-0.15, -0.1) is 0 Å². The predicted octanol–water partition coefficient (Wildman–Crippen LogP) is 1.78. The third-order valence-electron chi connectivity index (χ3n) is 5.16. The molecule has 2 heterocycles. The molecule has 7 heteroatoms. The second-order valence-electron chi connectivity index (χ2n) is 7.01. The van der Waals surface area contributed by atoms with Crippen molar-refractivity contribution in [2.45, 2.75) is 50.5 Å². The van der Waals surface area contributed by atoms with Gasteiger partial charge in [-0.3, -0.25) is 15.0 Å². The van der Waals surface area contributed by atoms with Crippen LogP contribution >= 0.6 is 0 Å². The van der Waals surface area contributed by atoms with Crippen LogP contribution in [0.25, 0.3) is 0 Å². The fraction of sp³-hybridized carbons (Fsp3) is 0.812. The van der Waals surface area contributed by atoms with Gasteiger partial charge in [0.2, 0.25) is 5.91 Å². The molecule has 1 saturated heterocycles. The Morgan fingerprint density at radius 1 is 1.30 bits per heavy atom. The molecular formula is C16H24N4O3. The van der Waals surface area contributed by atoms with Crippen LogP contribution in [-0.4, -0.2) is 53.3 Å². The summed E-state index contributed by atoms with van der Waals surface area (Å²) >= 11 is 0. The molecule has 0 bridgehead atoms. The highest BCUT2D eigenvalue weighted by Crippen LogP contribution is 2.38. The number of rotatable bonds is 6. The molecule has 1 aliphatic heterocycles. The summed E-state index contributed by atoms with van der Waals surface area (Å²) < 4.78 is 10.7. The van der Waals surface area contributed by atoms with Gasteiger partial charge in [-0.05, 0) is 25.2 Å². The summed E-state index contributed by atoms with van der Waals surface area (Å²) in [6.07, 6.45) is 7.36. The fourth-order valence-corrected chi connectivity index (χ4v) is 3.36. The quantitative estimate of drug-likeness (QED) is 0.860. The molecule has 2 saturated carbocycles. The van der Waals surface area contributed by atoms with Crippen molar-refractivity contribution < 1.29 is 14.1 Å². The van der Waals surface area contributed by atoms with E-state index in [2.05, 4.69) is 20.4 Å². The van der Waals surface area contributed by atoms with Crippen LogP contribution in [0, 0.1) is 5.92 Å².